The normalized spacial score (nSPS) is 17.8. The Morgan fingerprint density at radius 2 is 1.86 bits per heavy atom. The molecule has 0 unspecified atom stereocenters. The van der Waals surface area contributed by atoms with Crippen molar-refractivity contribution < 1.29 is 8.42 Å². The van der Waals surface area contributed by atoms with Crippen LogP contribution in [0, 0.1) is 0 Å². The third kappa shape index (κ3) is 2.36. The Morgan fingerprint density at radius 3 is 2.52 bits per heavy atom. The first kappa shape index (κ1) is 14.2. The second-order valence-corrected chi connectivity index (χ2v) is 7.45. The summed E-state index contributed by atoms with van der Waals surface area (Å²) in [6.45, 7) is 1.89. The van der Waals surface area contributed by atoms with E-state index in [1.807, 2.05) is 13.0 Å². The zero-order valence-corrected chi connectivity index (χ0v) is 13.0. The van der Waals surface area contributed by atoms with Crippen LogP contribution in [0.3, 0.4) is 0 Å². The molecule has 0 aromatic heterocycles. The molecule has 0 bridgehead atoms. The minimum Gasteiger partial charge on any atom is -0.399 e. The Labute approximate surface area is 129 Å². The van der Waals surface area contributed by atoms with Gasteiger partial charge in [-0.3, -0.25) is 4.31 Å². The molecule has 2 aromatic rings. The number of sulfonamides is 1. The van der Waals surface area contributed by atoms with E-state index in [0.717, 1.165) is 5.56 Å². The van der Waals surface area contributed by atoms with Gasteiger partial charge in [0.05, 0.1) is 10.6 Å². The molecule has 110 valence electrons. The third-order valence-corrected chi connectivity index (χ3v) is 5.83. The SMILES string of the molecule is C[C@@H]1Cc2ccc(N)cc2N1S(=O)(=O)c1ccc(Cl)cc1. The van der Waals surface area contributed by atoms with E-state index < -0.39 is 10.0 Å². The van der Waals surface area contributed by atoms with Crippen molar-refractivity contribution in [2.45, 2.75) is 24.3 Å². The fourth-order valence-electron chi connectivity index (χ4n) is 2.68. The summed E-state index contributed by atoms with van der Waals surface area (Å²) < 4.78 is 27.2. The molecule has 2 N–H and O–H groups in total. The first-order chi connectivity index (χ1) is 9.89. The van der Waals surface area contributed by atoms with Crippen LogP contribution in [-0.4, -0.2) is 14.5 Å². The Hall–Kier alpha value is -1.72. The summed E-state index contributed by atoms with van der Waals surface area (Å²) in [7, 11) is -3.62. The minimum absolute atomic E-state index is 0.137. The van der Waals surface area contributed by atoms with Crippen LogP contribution in [-0.2, 0) is 16.4 Å². The number of nitrogen functional groups attached to an aromatic ring is 1. The number of halogens is 1. The van der Waals surface area contributed by atoms with Crippen molar-refractivity contribution in [3.05, 3.63) is 53.1 Å². The summed E-state index contributed by atoms with van der Waals surface area (Å²) in [6.07, 6.45) is 0.683. The Morgan fingerprint density at radius 1 is 1.19 bits per heavy atom. The van der Waals surface area contributed by atoms with Gasteiger partial charge in [0.15, 0.2) is 0 Å². The molecule has 2 aromatic carbocycles. The molecule has 0 amide bonds. The van der Waals surface area contributed by atoms with Crippen LogP contribution in [0.25, 0.3) is 0 Å². The second-order valence-electron chi connectivity index (χ2n) is 5.20. The molecule has 0 aliphatic carbocycles. The van der Waals surface area contributed by atoms with Crippen molar-refractivity contribution in [3.8, 4) is 0 Å². The summed E-state index contributed by atoms with van der Waals surface area (Å²) >= 11 is 5.83. The molecule has 6 heteroatoms. The van der Waals surface area contributed by atoms with Gasteiger partial charge in [-0.15, -0.1) is 0 Å². The van der Waals surface area contributed by atoms with Gasteiger partial charge in [0.1, 0.15) is 0 Å². The van der Waals surface area contributed by atoms with E-state index in [1.165, 1.54) is 16.4 Å². The number of nitrogens with two attached hydrogens (primary N) is 1. The Kier molecular flexibility index (Phi) is 3.34. The summed E-state index contributed by atoms with van der Waals surface area (Å²) in [5.41, 5.74) is 8.02. The van der Waals surface area contributed by atoms with Crippen LogP contribution < -0.4 is 10.0 Å². The molecule has 0 saturated carbocycles. The lowest BCUT2D eigenvalue weighted by Gasteiger charge is -2.24. The Balaban J connectivity index is 2.12. The van der Waals surface area contributed by atoms with E-state index in [2.05, 4.69) is 0 Å². The number of nitrogens with zero attached hydrogens (tertiary/aromatic N) is 1. The highest BCUT2D eigenvalue weighted by Crippen LogP contribution is 2.37. The lowest BCUT2D eigenvalue weighted by atomic mass is 10.1. The molecule has 1 atom stereocenters. The quantitative estimate of drug-likeness (QED) is 0.864. The molecule has 4 nitrogen and oxygen atoms in total. The van der Waals surface area contributed by atoms with Crippen molar-refractivity contribution >= 4 is 33.0 Å². The van der Waals surface area contributed by atoms with Gasteiger partial charge in [-0.25, -0.2) is 8.42 Å². The van der Waals surface area contributed by atoms with Gasteiger partial charge < -0.3 is 5.73 Å². The maximum Gasteiger partial charge on any atom is 0.264 e. The zero-order chi connectivity index (χ0) is 15.2. The van der Waals surface area contributed by atoms with Crippen molar-refractivity contribution in [2.24, 2.45) is 0 Å². The van der Waals surface area contributed by atoms with Crippen LogP contribution in [0.2, 0.25) is 5.02 Å². The number of fused-ring (bicyclic) bond motifs is 1. The molecule has 21 heavy (non-hydrogen) atoms. The summed E-state index contributed by atoms with van der Waals surface area (Å²) in [5, 5.41) is 0.507. The highest BCUT2D eigenvalue weighted by Gasteiger charge is 2.36. The zero-order valence-electron chi connectivity index (χ0n) is 11.5. The van der Waals surface area contributed by atoms with Crippen molar-refractivity contribution in [1.29, 1.82) is 0 Å². The van der Waals surface area contributed by atoms with Gasteiger partial charge >= 0.3 is 0 Å². The predicted octanol–water partition coefficient (Wildman–Crippen LogP) is 3.06. The number of anilines is 2. The molecule has 1 aliphatic heterocycles. The van der Waals surface area contributed by atoms with Gasteiger partial charge in [0.25, 0.3) is 10.0 Å². The molecule has 3 rings (SSSR count). The van der Waals surface area contributed by atoms with Gasteiger partial charge in [0.2, 0.25) is 0 Å². The minimum atomic E-state index is -3.62. The lowest BCUT2D eigenvalue weighted by Crippen LogP contribution is -2.35. The maximum absolute atomic E-state index is 12.9. The second kappa shape index (κ2) is 4.93. The first-order valence-corrected chi connectivity index (χ1v) is 8.40. The molecule has 0 saturated heterocycles. The maximum atomic E-state index is 12.9. The standard InChI is InChI=1S/C15H15ClN2O2S/c1-10-8-11-2-5-13(17)9-15(11)18(10)21(19,20)14-6-3-12(16)4-7-14/h2-7,9-10H,8,17H2,1H3/t10-/m1/s1. The Bertz CT molecular complexity index is 788. The fourth-order valence-corrected chi connectivity index (χ4v) is 4.49. The first-order valence-electron chi connectivity index (χ1n) is 6.58. The number of hydrogen-bond donors (Lipinski definition) is 1. The molecule has 0 fully saturated rings. The predicted molar refractivity (Wildman–Crippen MR) is 85.1 cm³/mol. The summed E-state index contributed by atoms with van der Waals surface area (Å²) in [6, 6.07) is 11.5. The van der Waals surface area contributed by atoms with E-state index in [0.29, 0.717) is 22.8 Å². The third-order valence-electron chi connectivity index (χ3n) is 3.63. The molecule has 0 spiro atoms. The van der Waals surface area contributed by atoms with Crippen LogP contribution >= 0.6 is 11.6 Å². The molecule has 1 aliphatic rings. The van der Waals surface area contributed by atoms with Crippen molar-refractivity contribution in [2.75, 3.05) is 10.0 Å². The number of rotatable bonds is 2. The van der Waals surface area contributed by atoms with E-state index in [-0.39, 0.29) is 10.9 Å². The van der Waals surface area contributed by atoms with Crippen molar-refractivity contribution in [3.63, 3.8) is 0 Å². The number of hydrogen-bond acceptors (Lipinski definition) is 3. The van der Waals surface area contributed by atoms with Crippen LogP contribution in [0.1, 0.15) is 12.5 Å². The lowest BCUT2D eigenvalue weighted by molar-refractivity contribution is 0.584. The topological polar surface area (TPSA) is 63.4 Å². The van der Waals surface area contributed by atoms with Crippen LogP contribution in [0.15, 0.2) is 47.4 Å². The van der Waals surface area contributed by atoms with Gasteiger partial charge in [-0.2, -0.15) is 0 Å². The van der Waals surface area contributed by atoms with Crippen LogP contribution in [0.4, 0.5) is 11.4 Å². The summed E-state index contributed by atoms with van der Waals surface area (Å²) in [5.74, 6) is 0. The monoisotopic (exact) mass is 322 g/mol. The molecule has 1 heterocycles. The molecule has 0 radical (unpaired) electrons. The smallest absolute Gasteiger partial charge is 0.264 e. The number of benzene rings is 2. The van der Waals surface area contributed by atoms with Crippen LogP contribution in [0.5, 0.6) is 0 Å². The molecular weight excluding hydrogens is 308 g/mol. The van der Waals surface area contributed by atoms with E-state index in [9.17, 15) is 8.42 Å². The van der Waals surface area contributed by atoms with Gasteiger partial charge in [0, 0.05) is 16.8 Å². The summed E-state index contributed by atoms with van der Waals surface area (Å²) in [4.78, 5) is 0.231. The van der Waals surface area contributed by atoms with E-state index >= 15 is 0 Å². The van der Waals surface area contributed by atoms with Crippen molar-refractivity contribution in [1.82, 2.24) is 0 Å². The van der Waals surface area contributed by atoms with Gasteiger partial charge in [-0.1, -0.05) is 17.7 Å². The molecular formula is C15H15ClN2O2S. The average molecular weight is 323 g/mol. The van der Waals surface area contributed by atoms with E-state index in [1.54, 1.807) is 24.3 Å². The van der Waals surface area contributed by atoms with E-state index in [4.69, 9.17) is 17.3 Å². The fraction of sp³-hybridized carbons (Fsp3) is 0.200. The highest BCUT2D eigenvalue weighted by atomic mass is 35.5. The average Bonchev–Trinajstić information content (AvgIpc) is 2.75. The highest BCUT2D eigenvalue weighted by molar-refractivity contribution is 7.92. The largest absolute Gasteiger partial charge is 0.399 e. The van der Waals surface area contributed by atoms with Gasteiger partial charge in [-0.05, 0) is 55.3 Å².